The Bertz CT molecular complexity index is 3020. The lowest BCUT2D eigenvalue weighted by Crippen LogP contribution is -2.33. The third-order valence-electron chi connectivity index (χ3n) is 13.8. The Hall–Kier alpha value is -6.46. The molecule has 5 heteroatoms. The molecule has 2 aromatic heterocycles. The summed E-state index contributed by atoms with van der Waals surface area (Å²) in [4.78, 5) is 13.4. The number of rotatable bonds is 11. The predicted octanol–water partition coefficient (Wildman–Crippen LogP) is 16.4. The van der Waals surface area contributed by atoms with Crippen molar-refractivity contribution in [1.82, 2.24) is 9.55 Å². The zero-order valence-electron chi connectivity index (χ0n) is 41.7. The highest BCUT2D eigenvalue weighted by molar-refractivity contribution is 6.13. The zero-order chi connectivity index (χ0) is 47.4. The van der Waals surface area contributed by atoms with Gasteiger partial charge in [0.05, 0.1) is 17.1 Å². The number of amidine groups is 1. The van der Waals surface area contributed by atoms with Crippen LogP contribution < -0.4 is 9.64 Å². The quantitative estimate of drug-likeness (QED) is 0.130. The maximum atomic E-state index is 7.09. The normalized spacial score (nSPS) is 14.7. The van der Waals surface area contributed by atoms with Crippen LogP contribution in [0.15, 0.2) is 157 Å². The number of aliphatic imine (C=N–C) groups is 1. The fourth-order valence-electron chi connectivity index (χ4n) is 9.99. The Balaban J connectivity index is 1.21. The number of aromatic nitrogens is 2. The first-order valence-electron chi connectivity index (χ1n) is 24.4. The monoisotopic (exact) mass is 885 g/mol. The highest BCUT2D eigenvalue weighted by Gasteiger charge is 2.37. The van der Waals surface area contributed by atoms with Gasteiger partial charge in [-0.05, 0) is 122 Å². The smallest absolute Gasteiger partial charge is 0.137 e. The summed E-state index contributed by atoms with van der Waals surface area (Å²) in [5, 5.41) is 2.38. The van der Waals surface area contributed by atoms with Crippen LogP contribution in [-0.2, 0) is 10.8 Å². The molecule has 0 radical (unpaired) electrons. The lowest BCUT2D eigenvalue weighted by molar-refractivity contribution is 0.482. The molecule has 0 bridgehead atoms. The summed E-state index contributed by atoms with van der Waals surface area (Å²) in [6.45, 7) is 28.1. The summed E-state index contributed by atoms with van der Waals surface area (Å²) in [6.07, 6.45) is 1.95. The summed E-state index contributed by atoms with van der Waals surface area (Å²) >= 11 is 0. The van der Waals surface area contributed by atoms with Crippen molar-refractivity contribution in [1.29, 1.82) is 0 Å². The van der Waals surface area contributed by atoms with E-state index in [1.807, 2.05) is 6.20 Å². The number of hydrogen-bond donors (Lipinski definition) is 0. The van der Waals surface area contributed by atoms with E-state index in [0.717, 1.165) is 46.3 Å². The van der Waals surface area contributed by atoms with Crippen LogP contribution in [0.25, 0.3) is 27.6 Å². The Labute approximate surface area is 399 Å². The van der Waals surface area contributed by atoms with Crippen LogP contribution >= 0.6 is 0 Å². The zero-order valence-corrected chi connectivity index (χ0v) is 41.7. The van der Waals surface area contributed by atoms with E-state index >= 15 is 0 Å². The van der Waals surface area contributed by atoms with E-state index in [9.17, 15) is 0 Å². The SMILES string of the molecule is CC(C)c1cc(Oc2ccc3c4cc(C(C)(C)C)ccc4n(-c4cc(C(C)(C)C)ccn4)c3c2)cc(C2=N[C@H](C(c3ccccc3)c3ccccc3)CN2c2c(C(C)C)cccc2C(C)C)c1. The van der Waals surface area contributed by atoms with Gasteiger partial charge in [0.25, 0.3) is 0 Å². The average Bonchev–Trinajstić information content (AvgIpc) is 3.88. The second kappa shape index (κ2) is 18.0. The van der Waals surface area contributed by atoms with Crippen molar-refractivity contribution >= 4 is 33.3 Å². The number of ether oxygens (including phenoxy) is 1. The molecule has 1 aliphatic heterocycles. The molecule has 0 fully saturated rings. The third-order valence-corrected chi connectivity index (χ3v) is 13.8. The maximum absolute atomic E-state index is 7.09. The molecule has 1 aliphatic rings. The summed E-state index contributed by atoms with van der Waals surface area (Å²) in [6, 6.07) is 53.3. The molecule has 0 aliphatic carbocycles. The highest BCUT2D eigenvalue weighted by Crippen LogP contribution is 2.43. The van der Waals surface area contributed by atoms with Crippen molar-refractivity contribution in [2.45, 2.75) is 124 Å². The van der Waals surface area contributed by atoms with Gasteiger partial charge >= 0.3 is 0 Å². The van der Waals surface area contributed by atoms with Gasteiger partial charge in [-0.2, -0.15) is 0 Å². The third kappa shape index (κ3) is 9.06. The molecule has 5 nitrogen and oxygen atoms in total. The van der Waals surface area contributed by atoms with E-state index in [2.05, 4.69) is 238 Å². The molecule has 9 rings (SSSR count). The largest absolute Gasteiger partial charge is 0.457 e. The number of para-hydroxylation sites is 1. The van der Waals surface area contributed by atoms with Gasteiger partial charge in [0, 0.05) is 46.7 Å². The first-order chi connectivity index (χ1) is 32.0. The van der Waals surface area contributed by atoms with Gasteiger partial charge < -0.3 is 9.64 Å². The maximum Gasteiger partial charge on any atom is 0.137 e. The average molecular weight is 885 g/mol. The van der Waals surface area contributed by atoms with Gasteiger partial charge in [-0.1, -0.05) is 168 Å². The number of pyridine rings is 1. The first kappa shape index (κ1) is 45.7. The molecule has 1 atom stereocenters. The summed E-state index contributed by atoms with van der Waals surface area (Å²) < 4.78 is 9.41. The first-order valence-corrected chi connectivity index (χ1v) is 24.4. The minimum absolute atomic E-state index is 0.00560. The van der Waals surface area contributed by atoms with E-state index in [0.29, 0.717) is 11.8 Å². The Morgan fingerprint density at radius 3 is 1.76 bits per heavy atom. The van der Waals surface area contributed by atoms with Crippen LogP contribution in [0.2, 0.25) is 0 Å². The van der Waals surface area contributed by atoms with Gasteiger partial charge in [-0.25, -0.2) is 4.98 Å². The van der Waals surface area contributed by atoms with Gasteiger partial charge in [0.1, 0.15) is 23.2 Å². The van der Waals surface area contributed by atoms with Crippen LogP contribution in [0.4, 0.5) is 5.69 Å². The number of benzene rings is 6. The number of hydrogen-bond acceptors (Lipinski definition) is 4. The van der Waals surface area contributed by atoms with E-state index in [1.165, 1.54) is 55.4 Å². The van der Waals surface area contributed by atoms with Gasteiger partial charge in [0.2, 0.25) is 0 Å². The summed E-state index contributed by atoms with van der Waals surface area (Å²) in [5.74, 6) is 4.42. The van der Waals surface area contributed by atoms with Crippen LogP contribution in [-0.4, -0.2) is 28.0 Å². The minimum atomic E-state index is -0.0411. The van der Waals surface area contributed by atoms with E-state index < -0.39 is 0 Å². The standard InChI is InChI=1S/C62H68N4O/c1-39(2)44-32-45(60-64-54(58(42-20-15-13-16-21-42)43-22-17-14-18-23-43)38-65(60)59-50(40(3)4)24-19-25-51(59)41(5)6)34-49(33-44)67-48-27-28-52-53-35-46(61(7,8)9)26-29-55(53)66(56(52)37-48)57-36-47(30-31-63-57)62(10,11)12/h13-37,39-41,54,58H,38H2,1-12H3/t54-/m0/s1. The Morgan fingerprint density at radius 2 is 1.16 bits per heavy atom. The fraction of sp³-hybridized carbons (Fsp3) is 0.323. The van der Waals surface area contributed by atoms with Crippen molar-refractivity contribution in [2.75, 3.05) is 11.4 Å². The van der Waals surface area contributed by atoms with E-state index in [4.69, 9.17) is 14.7 Å². The van der Waals surface area contributed by atoms with Crippen LogP contribution in [0.1, 0.15) is 151 Å². The predicted molar refractivity (Wildman–Crippen MR) is 284 cm³/mol. The van der Waals surface area contributed by atoms with Crippen molar-refractivity contribution in [3.05, 3.63) is 196 Å². The number of nitrogens with zero attached hydrogens (tertiary/aromatic N) is 4. The van der Waals surface area contributed by atoms with Crippen LogP contribution in [0.5, 0.6) is 11.5 Å². The van der Waals surface area contributed by atoms with Crippen molar-refractivity contribution < 1.29 is 4.74 Å². The number of fused-ring (bicyclic) bond motifs is 3. The van der Waals surface area contributed by atoms with Gasteiger partial charge in [0.15, 0.2) is 0 Å². The topological polar surface area (TPSA) is 42.6 Å². The molecule has 0 saturated heterocycles. The molecule has 67 heavy (non-hydrogen) atoms. The molecular formula is C62H68N4O. The molecule has 6 aromatic carbocycles. The summed E-state index contributed by atoms with van der Waals surface area (Å²) in [7, 11) is 0. The second-order valence-electron chi connectivity index (χ2n) is 21.7. The lowest BCUT2D eigenvalue weighted by atomic mass is 9.85. The molecule has 0 amide bonds. The number of anilines is 1. The molecule has 0 N–H and O–H groups in total. The van der Waals surface area contributed by atoms with Crippen LogP contribution in [0.3, 0.4) is 0 Å². The molecule has 3 heterocycles. The Kier molecular flexibility index (Phi) is 12.3. The second-order valence-corrected chi connectivity index (χ2v) is 21.7. The molecule has 0 spiro atoms. The van der Waals surface area contributed by atoms with Crippen molar-refractivity contribution in [2.24, 2.45) is 4.99 Å². The van der Waals surface area contributed by atoms with Crippen LogP contribution in [0, 0.1) is 0 Å². The molecule has 0 unspecified atom stereocenters. The van der Waals surface area contributed by atoms with E-state index in [-0.39, 0.29) is 28.7 Å². The van der Waals surface area contributed by atoms with Gasteiger partial charge in [-0.3, -0.25) is 9.56 Å². The van der Waals surface area contributed by atoms with Crippen molar-refractivity contribution in [3.8, 4) is 17.3 Å². The van der Waals surface area contributed by atoms with Crippen molar-refractivity contribution in [3.63, 3.8) is 0 Å². The minimum Gasteiger partial charge on any atom is -0.457 e. The van der Waals surface area contributed by atoms with Gasteiger partial charge in [-0.15, -0.1) is 0 Å². The molecule has 8 aromatic rings. The summed E-state index contributed by atoms with van der Waals surface area (Å²) in [5.41, 5.74) is 13.5. The molecular weight excluding hydrogens is 817 g/mol. The lowest BCUT2D eigenvalue weighted by Gasteiger charge is -2.31. The van der Waals surface area contributed by atoms with E-state index in [1.54, 1.807) is 0 Å². The molecule has 342 valence electrons. The Morgan fingerprint density at radius 1 is 0.537 bits per heavy atom. The highest BCUT2D eigenvalue weighted by atomic mass is 16.5. The fourth-order valence-corrected chi connectivity index (χ4v) is 9.99. The molecule has 0 saturated carbocycles.